The zero-order valence-corrected chi connectivity index (χ0v) is 11.5. The fourth-order valence-corrected chi connectivity index (χ4v) is 4.64. The van der Waals surface area contributed by atoms with Crippen LogP contribution in [-0.4, -0.2) is 48.0 Å². The van der Waals surface area contributed by atoms with Gasteiger partial charge in [-0.15, -0.1) is 0 Å². The summed E-state index contributed by atoms with van der Waals surface area (Å²) in [5.41, 5.74) is 4.69. The van der Waals surface area contributed by atoms with Crippen LogP contribution in [0.25, 0.3) is 0 Å². The average molecular weight is 281 g/mol. The average Bonchev–Trinajstić information content (AvgIpc) is 2.15. The molecule has 1 fully saturated rings. The molecule has 3 N–H and O–H groups in total. The molecule has 0 radical (unpaired) electrons. The molecule has 0 heterocycles. The molecule has 0 saturated heterocycles. The van der Waals surface area contributed by atoms with Gasteiger partial charge in [0, 0.05) is 17.3 Å². The minimum absolute atomic E-state index is 0.138. The van der Waals surface area contributed by atoms with E-state index in [-0.39, 0.29) is 11.0 Å². The summed E-state index contributed by atoms with van der Waals surface area (Å²) in [5.74, 6) is -0.302. The van der Waals surface area contributed by atoms with Gasteiger partial charge < -0.3 is 10.8 Å². The molecule has 0 bridgehead atoms. The van der Waals surface area contributed by atoms with Crippen LogP contribution in [0.15, 0.2) is 0 Å². The highest BCUT2D eigenvalue weighted by atomic mass is 32.2. The number of thioether (sulfide) groups is 1. The topological polar surface area (TPSA) is 97.5 Å². The number of hydrogen-bond acceptors (Lipinski definition) is 5. The van der Waals surface area contributed by atoms with E-state index < -0.39 is 21.3 Å². The lowest BCUT2D eigenvalue weighted by molar-refractivity contribution is -0.144. The Labute approximate surface area is 106 Å². The van der Waals surface area contributed by atoms with E-state index in [1.54, 1.807) is 0 Å². The van der Waals surface area contributed by atoms with Crippen LogP contribution in [0.1, 0.15) is 25.7 Å². The van der Waals surface area contributed by atoms with E-state index in [2.05, 4.69) is 0 Å². The number of aliphatic carboxylic acids is 1. The largest absolute Gasteiger partial charge is 0.480 e. The first kappa shape index (κ1) is 14.8. The zero-order chi connectivity index (χ0) is 13.1. The summed E-state index contributed by atoms with van der Waals surface area (Å²) in [6, 6.07) is 0. The van der Waals surface area contributed by atoms with E-state index in [0.29, 0.717) is 18.6 Å². The Morgan fingerprint density at radius 2 is 2.24 bits per heavy atom. The van der Waals surface area contributed by atoms with Gasteiger partial charge in [-0.1, -0.05) is 0 Å². The lowest BCUT2D eigenvalue weighted by Gasteiger charge is -2.34. The third-order valence-corrected chi connectivity index (χ3v) is 5.49. The molecule has 1 saturated carbocycles. The van der Waals surface area contributed by atoms with Gasteiger partial charge in [0.25, 0.3) is 0 Å². The molecule has 2 unspecified atom stereocenters. The van der Waals surface area contributed by atoms with Crippen LogP contribution in [0.3, 0.4) is 0 Å². The molecule has 7 heteroatoms. The van der Waals surface area contributed by atoms with E-state index in [9.17, 15) is 13.2 Å². The molecule has 0 aromatic rings. The predicted molar refractivity (Wildman–Crippen MR) is 69.0 cm³/mol. The summed E-state index contributed by atoms with van der Waals surface area (Å²) in [4.78, 5) is 11.0. The monoisotopic (exact) mass is 281 g/mol. The van der Waals surface area contributed by atoms with Gasteiger partial charge in [-0.25, -0.2) is 8.42 Å². The minimum Gasteiger partial charge on any atom is -0.480 e. The standard InChI is InChI=1S/C10H19NO4S2/c1-17(14,15)6-5-16-8-3-2-4-10(11,7-8)9(12)13/h8H,2-7,11H2,1H3,(H,12,13). The van der Waals surface area contributed by atoms with Gasteiger partial charge >= 0.3 is 5.97 Å². The molecule has 5 nitrogen and oxygen atoms in total. The van der Waals surface area contributed by atoms with Crippen molar-refractivity contribution in [3.05, 3.63) is 0 Å². The van der Waals surface area contributed by atoms with Crippen molar-refractivity contribution in [2.45, 2.75) is 36.5 Å². The summed E-state index contributed by atoms with van der Waals surface area (Å²) in [6.07, 6.45) is 3.85. The molecular formula is C10H19NO4S2. The van der Waals surface area contributed by atoms with Crippen molar-refractivity contribution in [2.75, 3.05) is 17.8 Å². The lowest BCUT2D eigenvalue weighted by Crippen LogP contribution is -2.52. The van der Waals surface area contributed by atoms with Crippen LogP contribution in [0.5, 0.6) is 0 Å². The maximum absolute atomic E-state index is 11.0. The number of rotatable bonds is 5. The molecule has 1 rings (SSSR count). The third-order valence-electron chi connectivity index (χ3n) is 2.97. The van der Waals surface area contributed by atoms with Gasteiger partial charge in [-0.05, 0) is 25.7 Å². The number of nitrogens with two attached hydrogens (primary N) is 1. The number of sulfone groups is 1. The molecule has 100 valence electrons. The van der Waals surface area contributed by atoms with Gasteiger partial charge in [-0.2, -0.15) is 11.8 Å². The van der Waals surface area contributed by atoms with Crippen LogP contribution in [0.2, 0.25) is 0 Å². The molecule has 17 heavy (non-hydrogen) atoms. The first-order valence-electron chi connectivity index (χ1n) is 5.54. The molecule has 0 aromatic heterocycles. The quantitative estimate of drug-likeness (QED) is 0.761. The van der Waals surface area contributed by atoms with Gasteiger partial charge in [0.15, 0.2) is 0 Å². The maximum Gasteiger partial charge on any atom is 0.323 e. The Balaban J connectivity index is 2.43. The Morgan fingerprint density at radius 1 is 1.59 bits per heavy atom. The predicted octanol–water partition coefficient (Wildman–Crippen LogP) is 0.489. The molecule has 0 aromatic carbocycles. The van der Waals surface area contributed by atoms with Gasteiger partial charge in [0.2, 0.25) is 0 Å². The van der Waals surface area contributed by atoms with Crippen LogP contribution >= 0.6 is 11.8 Å². The molecule has 0 amide bonds. The number of carboxylic acids is 1. The van der Waals surface area contributed by atoms with Crippen LogP contribution in [0, 0.1) is 0 Å². The fraction of sp³-hybridized carbons (Fsp3) is 0.900. The second kappa shape index (κ2) is 5.58. The SMILES string of the molecule is CS(=O)(=O)CCSC1CCCC(N)(C(=O)O)C1. The van der Waals surface area contributed by atoms with Gasteiger partial charge in [0.05, 0.1) is 5.75 Å². The van der Waals surface area contributed by atoms with Crippen molar-refractivity contribution in [3.8, 4) is 0 Å². The molecule has 2 atom stereocenters. The zero-order valence-electron chi connectivity index (χ0n) is 9.89. The van der Waals surface area contributed by atoms with Gasteiger partial charge in [-0.3, -0.25) is 4.79 Å². The molecule has 1 aliphatic carbocycles. The Bertz CT molecular complexity index is 382. The van der Waals surface area contributed by atoms with E-state index >= 15 is 0 Å². The van der Waals surface area contributed by atoms with Crippen LogP contribution < -0.4 is 5.73 Å². The van der Waals surface area contributed by atoms with Gasteiger partial charge in [0.1, 0.15) is 15.4 Å². The maximum atomic E-state index is 11.0. The van der Waals surface area contributed by atoms with Crippen molar-refractivity contribution in [1.82, 2.24) is 0 Å². The van der Waals surface area contributed by atoms with E-state index in [4.69, 9.17) is 10.8 Å². The number of carbonyl (C=O) groups is 1. The molecule has 1 aliphatic rings. The fourth-order valence-electron chi connectivity index (χ4n) is 1.96. The smallest absolute Gasteiger partial charge is 0.323 e. The second-order valence-corrected chi connectivity index (χ2v) is 8.35. The summed E-state index contributed by atoms with van der Waals surface area (Å²) < 4.78 is 22.0. The van der Waals surface area contributed by atoms with Crippen molar-refractivity contribution in [1.29, 1.82) is 0 Å². The normalized spacial score (nSPS) is 30.1. The summed E-state index contributed by atoms with van der Waals surface area (Å²) in [5, 5.41) is 9.20. The van der Waals surface area contributed by atoms with Crippen molar-refractivity contribution < 1.29 is 18.3 Å². The third kappa shape index (κ3) is 4.85. The van der Waals surface area contributed by atoms with E-state index in [0.717, 1.165) is 12.8 Å². The first-order chi connectivity index (χ1) is 7.73. The van der Waals surface area contributed by atoms with E-state index in [1.807, 2.05) is 0 Å². The lowest BCUT2D eigenvalue weighted by atomic mass is 9.82. The molecule has 0 aliphatic heterocycles. The number of carboxylic acid groups (broad SMARTS) is 1. The van der Waals surface area contributed by atoms with Crippen LogP contribution in [-0.2, 0) is 14.6 Å². The second-order valence-electron chi connectivity index (χ2n) is 4.68. The Morgan fingerprint density at radius 3 is 2.76 bits per heavy atom. The molecule has 0 spiro atoms. The van der Waals surface area contributed by atoms with Crippen molar-refractivity contribution in [3.63, 3.8) is 0 Å². The highest BCUT2D eigenvalue weighted by Gasteiger charge is 2.39. The minimum atomic E-state index is -2.94. The molecular weight excluding hydrogens is 262 g/mol. The number of hydrogen-bond donors (Lipinski definition) is 2. The highest BCUT2D eigenvalue weighted by Crippen LogP contribution is 2.33. The summed E-state index contributed by atoms with van der Waals surface area (Å²) in [7, 11) is -2.94. The Kier molecular flexibility index (Phi) is 4.86. The van der Waals surface area contributed by atoms with Crippen molar-refractivity contribution >= 4 is 27.6 Å². The van der Waals surface area contributed by atoms with Crippen molar-refractivity contribution in [2.24, 2.45) is 5.73 Å². The highest BCUT2D eigenvalue weighted by molar-refractivity contribution is 8.01. The van der Waals surface area contributed by atoms with E-state index in [1.165, 1.54) is 18.0 Å². The Hall–Kier alpha value is -0.270. The first-order valence-corrected chi connectivity index (χ1v) is 8.65. The summed E-state index contributed by atoms with van der Waals surface area (Å²) in [6.45, 7) is 0. The van der Waals surface area contributed by atoms with Crippen LogP contribution in [0.4, 0.5) is 0 Å². The summed E-state index contributed by atoms with van der Waals surface area (Å²) >= 11 is 1.52.